The number of alkyl halides is 2. The summed E-state index contributed by atoms with van der Waals surface area (Å²) in [5, 5.41) is 8.39. The van der Waals surface area contributed by atoms with Crippen LogP contribution in [0.3, 0.4) is 0 Å². The molecule has 0 aromatic heterocycles. The summed E-state index contributed by atoms with van der Waals surface area (Å²) < 4.78 is 40.6. The van der Waals surface area contributed by atoms with E-state index in [1.165, 1.54) is 23.9 Å². The summed E-state index contributed by atoms with van der Waals surface area (Å²) in [4.78, 5) is 0. The molecule has 1 aromatic carbocycles. The summed E-state index contributed by atoms with van der Waals surface area (Å²) in [5.41, 5.74) is 3.45. The molecule has 1 rings (SSSR count). The average molecular weight is 353 g/mol. The number of rotatable bonds is 6. The molecular formula is C12H12BrF3N2S. The van der Waals surface area contributed by atoms with Crippen molar-refractivity contribution < 1.29 is 13.2 Å². The van der Waals surface area contributed by atoms with Crippen LogP contribution < -0.4 is 5.73 Å². The largest absolute Gasteiger partial charge is 0.317 e. The number of thioether (sulfide) groups is 1. The number of nitrogens with zero attached hydrogens (tertiary/aromatic N) is 1. The predicted octanol–water partition coefficient (Wildman–Crippen LogP) is 3.65. The fourth-order valence-corrected chi connectivity index (χ4v) is 2.65. The Balaban J connectivity index is 2.98. The zero-order valence-corrected chi connectivity index (χ0v) is 12.3. The Morgan fingerprint density at radius 2 is 2.16 bits per heavy atom. The van der Waals surface area contributed by atoms with E-state index in [4.69, 9.17) is 11.0 Å². The van der Waals surface area contributed by atoms with Gasteiger partial charge >= 0.3 is 0 Å². The lowest BCUT2D eigenvalue weighted by Crippen LogP contribution is -2.45. The highest BCUT2D eigenvalue weighted by Crippen LogP contribution is 2.33. The van der Waals surface area contributed by atoms with E-state index in [0.717, 1.165) is 6.07 Å². The SMILES string of the molecule is N#CCSCC[C@](N)(c1cc(Br)ccc1F)C(F)F. The number of benzene rings is 1. The van der Waals surface area contributed by atoms with E-state index in [1.807, 2.05) is 6.07 Å². The van der Waals surface area contributed by atoms with Crippen molar-refractivity contribution in [1.29, 1.82) is 5.26 Å². The lowest BCUT2D eigenvalue weighted by molar-refractivity contribution is 0.0479. The summed E-state index contributed by atoms with van der Waals surface area (Å²) in [6, 6.07) is 5.70. The number of hydrogen-bond donors (Lipinski definition) is 1. The van der Waals surface area contributed by atoms with Crippen molar-refractivity contribution in [3.63, 3.8) is 0 Å². The van der Waals surface area contributed by atoms with Gasteiger partial charge in [0.05, 0.1) is 11.8 Å². The molecule has 0 aliphatic carbocycles. The number of halogens is 4. The van der Waals surface area contributed by atoms with Gasteiger partial charge in [-0.25, -0.2) is 13.2 Å². The Labute approximate surface area is 122 Å². The van der Waals surface area contributed by atoms with Crippen LogP contribution in [-0.4, -0.2) is 17.9 Å². The molecule has 0 heterocycles. The molecule has 0 saturated heterocycles. The molecular weight excluding hydrogens is 341 g/mol. The van der Waals surface area contributed by atoms with E-state index in [-0.39, 0.29) is 23.5 Å². The summed E-state index contributed by atoms with van der Waals surface area (Å²) in [6.07, 6.45) is -3.00. The summed E-state index contributed by atoms with van der Waals surface area (Å²) >= 11 is 4.31. The normalized spacial score (nSPS) is 14.2. The maximum Gasteiger partial charge on any atom is 0.260 e. The second-order valence-electron chi connectivity index (χ2n) is 3.93. The van der Waals surface area contributed by atoms with Crippen LogP contribution >= 0.6 is 27.7 Å². The van der Waals surface area contributed by atoms with Gasteiger partial charge in [0.15, 0.2) is 0 Å². The van der Waals surface area contributed by atoms with E-state index >= 15 is 0 Å². The number of hydrogen-bond acceptors (Lipinski definition) is 3. The van der Waals surface area contributed by atoms with Crippen LogP contribution in [0.1, 0.15) is 12.0 Å². The minimum absolute atomic E-state index is 0.107. The van der Waals surface area contributed by atoms with Gasteiger partial charge in [-0.15, -0.1) is 11.8 Å². The van der Waals surface area contributed by atoms with Gasteiger partial charge in [-0.1, -0.05) is 15.9 Å². The highest BCUT2D eigenvalue weighted by molar-refractivity contribution is 9.10. The first-order valence-electron chi connectivity index (χ1n) is 5.39. The van der Waals surface area contributed by atoms with Crippen LogP contribution in [0.25, 0.3) is 0 Å². The van der Waals surface area contributed by atoms with Gasteiger partial charge in [0, 0.05) is 10.0 Å². The van der Waals surface area contributed by atoms with Crippen LogP contribution in [-0.2, 0) is 5.54 Å². The Hall–Kier alpha value is -0.710. The summed E-state index contributed by atoms with van der Waals surface area (Å²) in [6.45, 7) is 0. The van der Waals surface area contributed by atoms with Crippen molar-refractivity contribution in [3.8, 4) is 6.07 Å². The zero-order chi connectivity index (χ0) is 14.5. The van der Waals surface area contributed by atoms with Crippen molar-refractivity contribution in [2.24, 2.45) is 5.73 Å². The number of nitriles is 1. The molecule has 1 atom stereocenters. The highest BCUT2D eigenvalue weighted by Gasteiger charge is 2.39. The topological polar surface area (TPSA) is 49.8 Å². The molecule has 19 heavy (non-hydrogen) atoms. The minimum Gasteiger partial charge on any atom is -0.317 e. The zero-order valence-electron chi connectivity index (χ0n) is 9.88. The lowest BCUT2D eigenvalue weighted by atomic mass is 9.88. The molecule has 7 heteroatoms. The van der Waals surface area contributed by atoms with Crippen molar-refractivity contribution in [2.45, 2.75) is 18.4 Å². The predicted molar refractivity (Wildman–Crippen MR) is 73.5 cm³/mol. The third-order valence-corrected chi connectivity index (χ3v) is 3.97. The standard InChI is InChI=1S/C12H12BrF3N2S/c13-8-1-2-10(14)9(7-8)12(18,11(15)16)3-5-19-6-4-17/h1-2,7,11H,3,5-6,18H2/t12-/m0/s1. The lowest BCUT2D eigenvalue weighted by Gasteiger charge is -2.29. The molecule has 0 spiro atoms. The van der Waals surface area contributed by atoms with Gasteiger partial charge in [0.25, 0.3) is 6.43 Å². The van der Waals surface area contributed by atoms with Gasteiger partial charge in [-0.3, -0.25) is 0 Å². The third-order valence-electron chi connectivity index (χ3n) is 2.65. The van der Waals surface area contributed by atoms with E-state index in [9.17, 15) is 13.2 Å². The van der Waals surface area contributed by atoms with Gasteiger partial charge in [-0.05, 0) is 30.4 Å². The average Bonchev–Trinajstić information content (AvgIpc) is 2.37. The van der Waals surface area contributed by atoms with Crippen LogP contribution in [0.2, 0.25) is 0 Å². The quantitative estimate of drug-likeness (QED) is 0.795. The molecule has 2 nitrogen and oxygen atoms in total. The van der Waals surface area contributed by atoms with E-state index in [1.54, 1.807) is 0 Å². The Morgan fingerprint density at radius 1 is 1.47 bits per heavy atom. The van der Waals surface area contributed by atoms with E-state index in [2.05, 4.69) is 15.9 Å². The molecule has 104 valence electrons. The molecule has 0 fully saturated rings. The Kier molecular flexibility index (Phi) is 6.17. The molecule has 0 unspecified atom stereocenters. The monoisotopic (exact) mass is 352 g/mol. The van der Waals surface area contributed by atoms with Gasteiger partial charge in [-0.2, -0.15) is 5.26 Å². The Bertz CT molecular complexity index is 479. The molecule has 1 aromatic rings. The van der Waals surface area contributed by atoms with E-state index < -0.39 is 17.8 Å². The number of nitrogens with two attached hydrogens (primary N) is 1. The third kappa shape index (κ3) is 4.13. The second-order valence-corrected chi connectivity index (χ2v) is 5.95. The first kappa shape index (κ1) is 16.3. The van der Waals surface area contributed by atoms with Crippen molar-refractivity contribution in [3.05, 3.63) is 34.1 Å². The molecule has 0 radical (unpaired) electrons. The molecule has 2 N–H and O–H groups in total. The van der Waals surface area contributed by atoms with Crippen LogP contribution in [0, 0.1) is 17.1 Å². The van der Waals surface area contributed by atoms with Gasteiger partial charge in [0.2, 0.25) is 0 Å². The fourth-order valence-electron chi connectivity index (χ4n) is 1.57. The van der Waals surface area contributed by atoms with Crippen LogP contribution in [0.4, 0.5) is 13.2 Å². The van der Waals surface area contributed by atoms with Crippen LogP contribution in [0.5, 0.6) is 0 Å². The molecule has 0 saturated carbocycles. The fraction of sp³-hybridized carbons (Fsp3) is 0.417. The van der Waals surface area contributed by atoms with Crippen molar-refractivity contribution in [2.75, 3.05) is 11.5 Å². The molecule has 0 amide bonds. The Morgan fingerprint density at radius 3 is 2.74 bits per heavy atom. The minimum atomic E-state index is -2.89. The van der Waals surface area contributed by atoms with Crippen LogP contribution in [0.15, 0.2) is 22.7 Å². The van der Waals surface area contributed by atoms with Gasteiger partial charge in [0.1, 0.15) is 11.4 Å². The first-order valence-corrected chi connectivity index (χ1v) is 7.34. The van der Waals surface area contributed by atoms with Crippen molar-refractivity contribution in [1.82, 2.24) is 0 Å². The molecule has 0 aliphatic heterocycles. The second kappa shape index (κ2) is 7.17. The van der Waals surface area contributed by atoms with E-state index in [0.29, 0.717) is 4.47 Å². The molecule has 0 aliphatic rings. The smallest absolute Gasteiger partial charge is 0.260 e. The first-order chi connectivity index (χ1) is 8.91. The molecule has 0 bridgehead atoms. The van der Waals surface area contributed by atoms with Gasteiger partial charge < -0.3 is 5.73 Å². The maximum atomic E-state index is 13.7. The van der Waals surface area contributed by atoms with Crippen molar-refractivity contribution >= 4 is 27.7 Å². The summed E-state index contributed by atoms with van der Waals surface area (Å²) in [7, 11) is 0. The summed E-state index contributed by atoms with van der Waals surface area (Å²) in [5.74, 6) is -0.294. The maximum absolute atomic E-state index is 13.7. The highest BCUT2D eigenvalue weighted by atomic mass is 79.9.